The lowest BCUT2D eigenvalue weighted by Crippen LogP contribution is -2.33. The van der Waals surface area contributed by atoms with Crippen LogP contribution in [0.15, 0.2) is 0 Å². The Bertz CT molecular complexity index is 375. The van der Waals surface area contributed by atoms with Crippen LogP contribution in [0.4, 0.5) is 0 Å². The van der Waals surface area contributed by atoms with Crippen molar-refractivity contribution in [2.24, 2.45) is 40.9 Å². The highest BCUT2D eigenvalue weighted by Gasteiger charge is 2.64. The van der Waals surface area contributed by atoms with Gasteiger partial charge in [0.15, 0.2) is 0 Å². The first-order chi connectivity index (χ1) is 9.25. The van der Waals surface area contributed by atoms with Crippen LogP contribution in [0.2, 0.25) is 0 Å². The average Bonchev–Trinajstić information content (AvgIpc) is 3.15. The summed E-state index contributed by atoms with van der Waals surface area (Å²) in [6.07, 6.45) is 15.8. The van der Waals surface area contributed by atoms with Gasteiger partial charge in [0.2, 0.25) is 0 Å². The third-order valence-electron chi connectivity index (χ3n) is 8.20. The Kier molecular flexibility index (Phi) is 2.27. The normalized spacial score (nSPS) is 54.8. The number of fused-ring (bicyclic) bond motifs is 2. The van der Waals surface area contributed by atoms with Gasteiger partial charge in [-0.1, -0.05) is 6.92 Å². The molecule has 0 spiro atoms. The van der Waals surface area contributed by atoms with Gasteiger partial charge in [-0.3, -0.25) is 0 Å². The van der Waals surface area contributed by atoms with Crippen molar-refractivity contribution in [1.29, 1.82) is 0 Å². The summed E-state index contributed by atoms with van der Waals surface area (Å²) in [6, 6.07) is 0. The van der Waals surface area contributed by atoms with Gasteiger partial charge in [0.05, 0.1) is 0 Å². The second-order valence-corrected chi connectivity index (χ2v) is 8.96. The van der Waals surface area contributed by atoms with E-state index in [1.165, 1.54) is 12.3 Å². The lowest BCUT2D eigenvalue weighted by Gasteiger charge is -2.41. The lowest BCUT2D eigenvalue weighted by molar-refractivity contribution is 0.0858. The van der Waals surface area contributed by atoms with E-state index < -0.39 is 0 Å². The third-order valence-corrected chi connectivity index (χ3v) is 8.20. The van der Waals surface area contributed by atoms with E-state index in [9.17, 15) is 0 Å². The van der Waals surface area contributed by atoms with Crippen molar-refractivity contribution in [1.82, 2.24) is 0 Å². The molecule has 5 unspecified atom stereocenters. The van der Waals surface area contributed by atoms with Gasteiger partial charge in [-0.15, -0.1) is 0 Å². The fraction of sp³-hybridized carbons (Fsp3) is 0.947. The van der Waals surface area contributed by atoms with Crippen LogP contribution in [0, 0.1) is 46.8 Å². The van der Waals surface area contributed by atoms with Crippen molar-refractivity contribution in [3.8, 4) is 0 Å². The number of hydrogen-bond donors (Lipinski definition) is 0. The molecular weight excluding hydrogens is 228 g/mol. The van der Waals surface area contributed by atoms with E-state index >= 15 is 0 Å². The lowest BCUT2D eigenvalue weighted by atomic mass is 9.63. The van der Waals surface area contributed by atoms with Crippen molar-refractivity contribution >= 4 is 0 Å². The van der Waals surface area contributed by atoms with Gasteiger partial charge in [0, 0.05) is 5.92 Å². The van der Waals surface area contributed by atoms with Gasteiger partial charge in [-0.2, -0.15) is 0 Å². The van der Waals surface area contributed by atoms with Crippen LogP contribution in [0.3, 0.4) is 0 Å². The minimum atomic E-state index is 0.930. The minimum Gasteiger partial charge on any atom is -0.0579 e. The molecule has 5 rings (SSSR count). The topological polar surface area (TPSA) is 0 Å². The third kappa shape index (κ3) is 1.67. The maximum Gasteiger partial charge on any atom is 0.141 e. The van der Waals surface area contributed by atoms with Gasteiger partial charge in [-0.25, -0.2) is 0 Å². The zero-order valence-corrected chi connectivity index (χ0v) is 12.5. The molecule has 5 aliphatic rings. The van der Waals surface area contributed by atoms with E-state index in [2.05, 4.69) is 6.92 Å². The van der Waals surface area contributed by atoms with Crippen LogP contribution >= 0.6 is 0 Å². The molecule has 0 aliphatic heterocycles. The van der Waals surface area contributed by atoms with E-state index in [1.54, 1.807) is 57.8 Å². The van der Waals surface area contributed by atoms with Gasteiger partial charge in [0.1, 0.15) is 24.2 Å². The molecule has 0 radical (unpaired) electrons. The standard InChI is InChI=1S/C19H29/c1-12(17-3-2-14-10-18(14)17)15-8-13(9-15)4-6-19-7-5-16(19)11-19/h12-17H,2-11H2,1H3/q+1. The van der Waals surface area contributed by atoms with Crippen molar-refractivity contribution < 1.29 is 0 Å². The Morgan fingerprint density at radius 3 is 2.63 bits per heavy atom. The summed E-state index contributed by atoms with van der Waals surface area (Å²) in [5.74, 6) is 8.63. The van der Waals surface area contributed by atoms with Crippen molar-refractivity contribution in [2.45, 2.75) is 71.1 Å². The largest absolute Gasteiger partial charge is 0.141 e. The van der Waals surface area contributed by atoms with Crippen LogP contribution in [0.1, 0.15) is 71.1 Å². The van der Waals surface area contributed by atoms with Crippen LogP contribution < -0.4 is 0 Å². The molecule has 0 heterocycles. The van der Waals surface area contributed by atoms with E-state index in [1.807, 2.05) is 5.92 Å². The molecule has 19 heavy (non-hydrogen) atoms. The molecule has 0 aromatic heterocycles. The molecular formula is C19H29+. The second-order valence-electron chi connectivity index (χ2n) is 8.96. The predicted molar refractivity (Wildman–Crippen MR) is 78.5 cm³/mol. The summed E-state index contributed by atoms with van der Waals surface area (Å²) in [4.78, 5) is 0. The summed E-state index contributed by atoms with van der Waals surface area (Å²) in [5.41, 5.74) is 0.930. The molecule has 0 bridgehead atoms. The Labute approximate surface area is 118 Å². The minimum absolute atomic E-state index is 0.930. The Morgan fingerprint density at radius 1 is 1.21 bits per heavy atom. The molecule has 5 saturated carbocycles. The predicted octanol–water partition coefficient (Wildman–Crippen LogP) is 5.23. The van der Waals surface area contributed by atoms with E-state index in [4.69, 9.17) is 0 Å². The average molecular weight is 257 g/mol. The van der Waals surface area contributed by atoms with E-state index in [0.29, 0.717) is 0 Å². The summed E-state index contributed by atoms with van der Waals surface area (Å²) in [6.45, 7) is 2.58. The molecule has 0 N–H and O–H groups in total. The molecule has 5 fully saturated rings. The smallest absolute Gasteiger partial charge is 0.0579 e. The van der Waals surface area contributed by atoms with Crippen molar-refractivity contribution in [3.05, 3.63) is 5.92 Å². The molecule has 0 aromatic carbocycles. The SMILES string of the molecule is CC(C1CC(CCC23CCC2C3)C1)C1CCC2C[C+]21. The quantitative estimate of drug-likeness (QED) is 0.591. The molecule has 5 atom stereocenters. The highest BCUT2D eigenvalue weighted by Crippen LogP contribution is 2.70. The molecule has 0 saturated heterocycles. The molecule has 0 aromatic rings. The van der Waals surface area contributed by atoms with Gasteiger partial charge >= 0.3 is 0 Å². The maximum absolute atomic E-state index is 2.58. The molecule has 0 amide bonds. The van der Waals surface area contributed by atoms with E-state index in [-0.39, 0.29) is 0 Å². The Hall–Kier alpha value is -0.130. The fourth-order valence-corrected chi connectivity index (χ4v) is 6.23. The second kappa shape index (κ2) is 3.74. The maximum atomic E-state index is 2.58. The molecule has 0 nitrogen and oxygen atoms in total. The highest BCUT2D eigenvalue weighted by molar-refractivity contribution is 5.23. The van der Waals surface area contributed by atoms with Gasteiger partial charge < -0.3 is 0 Å². The van der Waals surface area contributed by atoms with Gasteiger partial charge in [0.25, 0.3) is 0 Å². The zero-order valence-electron chi connectivity index (χ0n) is 12.5. The summed E-state index contributed by atoms with van der Waals surface area (Å²) in [5, 5.41) is 0. The van der Waals surface area contributed by atoms with Crippen molar-refractivity contribution in [3.63, 3.8) is 0 Å². The first-order valence-corrected chi connectivity index (χ1v) is 9.11. The first kappa shape index (κ1) is 11.5. The summed E-state index contributed by atoms with van der Waals surface area (Å²) >= 11 is 0. The van der Waals surface area contributed by atoms with Crippen LogP contribution in [-0.4, -0.2) is 0 Å². The summed E-state index contributed by atoms with van der Waals surface area (Å²) < 4.78 is 0. The zero-order chi connectivity index (χ0) is 12.6. The first-order valence-electron chi connectivity index (χ1n) is 9.11. The van der Waals surface area contributed by atoms with Gasteiger partial charge in [-0.05, 0) is 81.0 Å². The van der Waals surface area contributed by atoms with Crippen LogP contribution in [-0.2, 0) is 0 Å². The van der Waals surface area contributed by atoms with E-state index in [0.717, 1.165) is 35.0 Å². The summed E-state index contributed by atoms with van der Waals surface area (Å²) in [7, 11) is 0. The van der Waals surface area contributed by atoms with Crippen LogP contribution in [0.25, 0.3) is 0 Å². The van der Waals surface area contributed by atoms with Crippen LogP contribution in [0.5, 0.6) is 0 Å². The molecule has 0 heteroatoms. The Morgan fingerprint density at radius 2 is 2.11 bits per heavy atom. The number of hydrogen-bond acceptors (Lipinski definition) is 0. The highest BCUT2D eigenvalue weighted by atomic mass is 14.6. The molecule has 5 aliphatic carbocycles. The Balaban J connectivity index is 1.08. The molecule has 104 valence electrons. The monoisotopic (exact) mass is 257 g/mol. The number of rotatable bonds is 5. The van der Waals surface area contributed by atoms with Crippen molar-refractivity contribution in [2.75, 3.05) is 0 Å². The fourth-order valence-electron chi connectivity index (χ4n) is 6.23.